The van der Waals surface area contributed by atoms with E-state index >= 15 is 0 Å². The Kier molecular flexibility index (Phi) is 5.69. The Morgan fingerprint density at radius 2 is 1.97 bits per heavy atom. The molecule has 0 spiro atoms. The highest BCUT2D eigenvalue weighted by Gasteiger charge is 2.31. The van der Waals surface area contributed by atoms with Crippen molar-refractivity contribution in [2.24, 2.45) is 0 Å². The largest absolute Gasteiger partial charge is 0.339 e. The van der Waals surface area contributed by atoms with Crippen LogP contribution in [0.25, 0.3) is 17.1 Å². The Morgan fingerprint density at radius 1 is 1.12 bits per heavy atom. The van der Waals surface area contributed by atoms with Gasteiger partial charge in [-0.3, -0.25) is 4.79 Å². The zero-order valence-corrected chi connectivity index (χ0v) is 19.3. The number of halogens is 1. The molecule has 1 amide bonds. The highest BCUT2D eigenvalue weighted by molar-refractivity contribution is 5.93. The van der Waals surface area contributed by atoms with Gasteiger partial charge < -0.3 is 9.42 Å². The third-order valence-electron chi connectivity index (χ3n) is 6.13. The van der Waals surface area contributed by atoms with Gasteiger partial charge in [0.25, 0.3) is 5.91 Å². The van der Waals surface area contributed by atoms with E-state index < -0.39 is 0 Å². The summed E-state index contributed by atoms with van der Waals surface area (Å²) in [5.41, 5.74) is 4.52. The number of carbonyl (C=O) groups excluding carboxylic acids is 1. The quantitative estimate of drug-likeness (QED) is 0.448. The topological polar surface area (TPSA) is 89.9 Å². The van der Waals surface area contributed by atoms with Crippen molar-refractivity contribution in [2.45, 2.75) is 39.5 Å². The smallest absolute Gasteiger partial charge is 0.276 e. The SMILES string of the molecule is Cc1ccc(-n2nc(C)c(C(=O)N3CCCC(c4nc(-c5cccc(F)c5)no4)C3)n2)c(C)c1. The first-order chi connectivity index (χ1) is 16.4. The lowest BCUT2D eigenvalue weighted by Gasteiger charge is -2.30. The van der Waals surface area contributed by atoms with Gasteiger partial charge in [0.2, 0.25) is 11.7 Å². The maximum atomic E-state index is 13.6. The monoisotopic (exact) mass is 460 g/mol. The number of aromatic nitrogens is 5. The minimum absolute atomic E-state index is 0.0952. The summed E-state index contributed by atoms with van der Waals surface area (Å²) in [6, 6.07) is 12.1. The number of rotatable bonds is 4. The van der Waals surface area contributed by atoms with Crippen LogP contribution in [0.15, 0.2) is 47.0 Å². The van der Waals surface area contributed by atoms with Gasteiger partial charge in [-0.2, -0.15) is 14.9 Å². The summed E-state index contributed by atoms with van der Waals surface area (Å²) in [7, 11) is 0. The van der Waals surface area contributed by atoms with Gasteiger partial charge in [0.1, 0.15) is 5.82 Å². The van der Waals surface area contributed by atoms with Crippen LogP contribution in [0.3, 0.4) is 0 Å². The van der Waals surface area contributed by atoms with Crippen LogP contribution in [-0.4, -0.2) is 49.0 Å². The van der Waals surface area contributed by atoms with E-state index in [4.69, 9.17) is 4.52 Å². The maximum Gasteiger partial charge on any atom is 0.276 e. The molecule has 0 aliphatic carbocycles. The Bertz CT molecular complexity index is 1360. The Balaban J connectivity index is 1.34. The predicted molar refractivity (Wildman–Crippen MR) is 123 cm³/mol. The fourth-order valence-corrected chi connectivity index (χ4v) is 4.37. The summed E-state index contributed by atoms with van der Waals surface area (Å²) >= 11 is 0. The Labute approximate surface area is 196 Å². The van der Waals surface area contributed by atoms with Crippen LogP contribution in [0.5, 0.6) is 0 Å². The van der Waals surface area contributed by atoms with Gasteiger partial charge in [0.05, 0.1) is 17.3 Å². The number of piperidine rings is 1. The highest BCUT2D eigenvalue weighted by Crippen LogP contribution is 2.29. The van der Waals surface area contributed by atoms with Crippen molar-refractivity contribution in [3.8, 4) is 17.1 Å². The fourth-order valence-electron chi connectivity index (χ4n) is 4.37. The molecule has 2 aromatic heterocycles. The van der Waals surface area contributed by atoms with Crippen LogP contribution in [0.1, 0.15) is 52.0 Å². The van der Waals surface area contributed by atoms with Crippen LogP contribution in [0, 0.1) is 26.6 Å². The van der Waals surface area contributed by atoms with Gasteiger partial charge in [-0.1, -0.05) is 35.0 Å². The molecule has 0 N–H and O–H groups in total. The summed E-state index contributed by atoms with van der Waals surface area (Å²) in [4.78, 5) is 21.1. The maximum absolute atomic E-state index is 13.6. The third kappa shape index (κ3) is 4.21. The third-order valence-corrected chi connectivity index (χ3v) is 6.13. The molecule has 34 heavy (non-hydrogen) atoms. The number of hydrogen-bond acceptors (Lipinski definition) is 6. The van der Waals surface area contributed by atoms with E-state index in [1.165, 1.54) is 16.9 Å². The lowest BCUT2D eigenvalue weighted by molar-refractivity contribution is 0.0688. The number of aryl methyl sites for hydroxylation is 3. The fraction of sp³-hybridized carbons (Fsp3) is 0.320. The molecule has 174 valence electrons. The van der Waals surface area contributed by atoms with Crippen molar-refractivity contribution in [1.82, 2.24) is 30.0 Å². The lowest BCUT2D eigenvalue weighted by Crippen LogP contribution is -2.39. The van der Waals surface area contributed by atoms with Crippen molar-refractivity contribution in [3.05, 3.63) is 76.7 Å². The molecule has 3 heterocycles. The molecule has 1 atom stereocenters. The first-order valence-electron chi connectivity index (χ1n) is 11.3. The summed E-state index contributed by atoms with van der Waals surface area (Å²) in [5, 5.41) is 13.0. The van der Waals surface area contributed by atoms with E-state index in [0.29, 0.717) is 41.8 Å². The summed E-state index contributed by atoms with van der Waals surface area (Å²) in [6.45, 7) is 6.89. The number of amides is 1. The molecule has 4 aromatic rings. The van der Waals surface area contributed by atoms with Crippen molar-refractivity contribution in [3.63, 3.8) is 0 Å². The molecular formula is C25H25FN6O2. The standard InChI is InChI=1S/C25H25FN6O2/c1-15-9-10-21(16(2)12-15)32-28-17(3)22(29-32)25(33)31-11-5-7-19(14-31)24-27-23(30-34-24)18-6-4-8-20(26)13-18/h4,6,8-10,12-13,19H,5,7,11,14H2,1-3H3. The molecule has 9 heteroatoms. The normalized spacial score (nSPS) is 16.1. The number of nitrogens with zero attached hydrogens (tertiary/aromatic N) is 6. The van der Waals surface area contributed by atoms with E-state index in [2.05, 4.69) is 26.4 Å². The van der Waals surface area contributed by atoms with E-state index in [9.17, 15) is 9.18 Å². The van der Waals surface area contributed by atoms with Crippen molar-refractivity contribution in [2.75, 3.05) is 13.1 Å². The minimum atomic E-state index is -0.359. The average molecular weight is 461 g/mol. The molecule has 0 bridgehead atoms. The number of carbonyl (C=O) groups is 1. The van der Waals surface area contributed by atoms with Crippen LogP contribution in [-0.2, 0) is 0 Å². The predicted octanol–water partition coefficient (Wildman–Crippen LogP) is 4.40. The van der Waals surface area contributed by atoms with E-state index in [0.717, 1.165) is 29.7 Å². The van der Waals surface area contributed by atoms with E-state index in [1.807, 2.05) is 26.0 Å². The summed E-state index contributed by atoms with van der Waals surface area (Å²) in [6.07, 6.45) is 1.63. The number of likely N-dealkylation sites (tertiary alicyclic amines) is 1. The van der Waals surface area contributed by atoms with Gasteiger partial charge in [-0.05, 0) is 57.4 Å². The second kappa shape index (κ2) is 8.81. The number of hydrogen-bond donors (Lipinski definition) is 0. The van der Waals surface area contributed by atoms with Gasteiger partial charge >= 0.3 is 0 Å². The molecule has 1 saturated heterocycles. The molecule has 1 aliphatic heterocycles. The molecule has 5 rings (SSSR count). The number of benzene rings is 2. The molecule has 1 fully saturated rings. The second-order valence-electron chi connectivity index (χ2n) is 8.77. The van der Waals surface area contributed by atoms with Gasteiger partial charge in [-0.25, -0.2) is 4.39 Å². The molecule has 0 saturated carbocycles. The van der Waals surface area contributed by atoms with Gasteiger partial charge in [0.15, 0.2) is 5.69 Å². The van der Waals surface area contributed by atoms with E-state index in [-0.39, 0.29) is 17.6 Å². The van der Waals surface area contributed by atoms with Crippen LogP contribution in [0.2, 0.25) is 0 Å². The summed E-state index contributed by atoms with van der Waals surface area (Å²) < 4.78 is 19.0. The zero-order valence-electron chi connectivity index (χ0n) is 19.3. The summed E-state index contributed by atoms with van der Waals surface area (Å²) in [5.74, 6) is 0.172. The minimum Gasteiger partial charge on any atom is -0.339 e. The zero-order chi connectivity index (χ0) is 23.8. The molecule has 8 nitrogen and oxygen atoms in total. The molecule has 1 unspecified atom stereocenters. The van der Waals surface area contributed by atoms with Crippen LogP contribution >= 0.6 is 0 Å². The van der Waals surface area contributed by atoms with Crippen molar-refractivity contribution in [1.29, 1.82) is 0 Å². The van der Waals surface area contributed by atoms with Crippen molar-refractivity contribution >= 4 is 5.91 Å². The lowest BCUT2D eigenvalue weighted by atomic mass is 9.97. The molecule has 0 radical (unpaired) electrons. The molecule has 1 aliphatic rings. The second-order valence-corrected chi connectivity index (χ2v) is 8.77. The molecular weight excluding hydrogens is 435 g/mol. The Hall–Kier alpha value is -3.88. The van der Waals surface area contributed by atoms with Gasteiger partial charge in [0, 0.05) is 18.7 Å². The Morgan fingerprint density at radius 3 is 2.76 bits per heavy atom. The highest BCUT2D eigenvalue weighted by atomic mass is 19.1. The first-order valence-corrected chi connectivity index (χ1v) is 11.3. The first kappa shape index (κ1) is 21.9. The average Bonchev–Trinajstić information content (AvgIpc) is 3.46. The van der Waals surface area contributed by atoms with Crippen LogP contribution < -0.4 is 0 Å². The van der Waals surface area contributed by atoms with Gasteiger partial charge in [-0.15, -0.1) is 5.10 Å². The van der Waals surface area contributed by atoms with E-state index in [1.54, 1.807) is 24.0 Å². The van der Waals surface area contributed by atoms with Crippen molar-refractivity contribution < 1.29 is 13.7 Å². The van der Waals surface area contributed by atoms with Crippen LogP contribution in [0.4, 0.5) is 4.39 Å². The molecule has 2 aromatic carbocycles.